The van der Waals surface area contributed by atoms with Gasteiger partial charge >= 0.3 is 17.9 Å². The van der Waals surface area contributed by atoms with E-state index in [0.29, 0.717) is 0 Å². The monoisotopic (exact) mass is 322 g/mol. The highest BCUT2D eigenvalue weighted by Gasteiger charge is 2.11. The molecule has 0 saturated carbocycles. The third kappa shape index (κ3) is 8.74. The number of carbonyl (C=O) groups is 3. The minimum atomic E-state index is -0.624. The van der Waals surface area contributed by atoms with Crippen LogP contribution >= 0.6 is 15.9 Å². The van der Waals surface area contributed by atoms with Gasteiger partial charge in [0, 0.05) is 13.8 Å². The predicted octanol–water partition coefficient (Wildman–Crippen LogP) is 1.32. The van der Waals surface area contributed by atoms with Crippen molar-refractivity contribution >= 4 is 33.8 Å². The summed E-state index contributed by atoms with van der Waals surface area (Å²) >= 11 is 3.00. The second kappa shape index (κ2) is 8.68. The number of esters is 3. The Balaban J connectivity index is 4.05. The fourth-order valence-electron chi connectivity index (χ4n) is 0.959. The summed E-state index contributed by atoms with van der Waals surface area (Å²) < 4.78 is 14.3. The summed E-state index contributed by atoms with van der Waals surface area (Å²) in [5, 5.41) is 0. The first-order chi connectivity index (χ1) is 8.32. The second-order valence-corrected chi connectivity index (χ2v) is 4.16. The Morgan fingerprint density at radius 3 is 2.17 bits per heavy atom. The minimum Gasteiger partial charge on any atom is -0.462 e. The van der Waals surface area contributed by atoms with E-state index in [9.17, 15) is 14.4 Å². The van der Waals surface area contributed by atoms with Crippen LogP contribution in [0.5, 0.6) is 0 Å². The summed E-state index contributed by atoms with van der Waals surface area (Å²) in [5.74, 6) is -1.51. The summed E-state index contributed by atoms with van der Waals surface area (Å²) in [5.41, 5.74) is 0. The quantitative estimate of drug-likeness (QED) is 0.317. The van der Waals surface area contributed by atoms with Crippen LogP contribution in [-0.4, -0.2) is 37.2 Å². The van der Waals surface area contributed by atoms with Crippen LogP contribution in [0.1, 0.15) is 20.8 Å². The molecule has 0 aliphatic rings. The maximum absolute atomic E-state index is 11.4. The highest BCUT2D eigenvalue weighted by Crippen LogP contribution is 2.10. The molecule has 7 heteroatoms. The number of halogens is 1. The molecule has 0 N–H and O–H groups in total. The highest BCUT2D eigenvalue weighted by molar-refractivity contribution is 9.12. The zero-order chi connectivity index (χ0) is 14.1. The van der Waals surface area contributed by atoms with E-state index in [1.807, 2.05) is 0 Å². The van der Waals surface area contributed by atoms with Crippen molar-refractivity contribution in [2.24, 2.45) is 0 Å². The molecule has 0 saturated heterocycles. The molecule has 0 aromatic carbocycles. The molecule has 0 heterocycles. The van der Waals surface area contributed by atoms with Crippen LogP contribution < -0.4 is 0 Å². The van der Waals surface area contributed by atoms with E-state index in [-0.39, 0.29) is 17.7 Å². The molecule has 6 nitrogen and oxygen atoms in total. The van der Waals surface area contributed by atoms with Crippen LogP contribution in [0.3, 0.4) is 0 Å². The Bertz CT molecular complexity index is 349. The Morgan fingerprint density at radius 1 is 1.11 bits per heavy atom. The zero-order valence-electron chi connectivity index (χ0n) is 10.4. The molecule has 0 unspecified atom stereocenters. The van der Waals surface area contributed by atoms with Gasteiger partial charge in [-0.2, -0.15) is 0 Å². The number of hydrogen-bond donors (Lipinski definition) is 0. The summed E-state index contributed by atoms with van der Waals surface area (Å²) in [6, 6.07) is 0. The van der Waals surface area contributed by atoms with Gasteiger partial charge < -0.3 is 14.2 Å². The largest absolute Gasteiger partial charge is 0.462 e. The lowest BCUT2D eigenvalue weighted by Crippen LogP contribution is -2.14. The molecule has 0 fully saturated rings. The number of carbonyl (C=O) groups excluding carboxylic acids is 3. The van der Waals surface area contributed by atoms with E-state index in [4.69, 9.17) is 9.47 Å². The third-order valence-corrected chi connectivity index (χ3v) is 2.14. The van der Waals surface area contributed by atoms with Gasteiger partial charge in [0.1, 0.15) is 23.8 Å². The van der Waals surface area contributed by atoms with E-state index in [1.54, 1.807) is 6.92 Å². The molecule has 1 atom stereocenters. The number of hydrogen-bond acceptors (Lipinski definition) is 6. The molecule has 0 aliphatic carbocycles. The molecule has 0 spiro atoms. The standard InChI is InChI=1S/C11H15BrO6/c1-7(18-9(3)14)6-10(12)11(15)17-5-4-16-8(2)13/h6-7H,4-5H2,1-3H3/b10-6+/t7-/m0/s1. The maximum atomic E-state index is 11.4. The molecular weight excluding hydrogens is 308 g/mol. The van der Waals surface area contributed by atoms with Crippen molar-refractivity contribution < 1.29 is 28.6 Å². The minimum absolute atomic E-state index is 0.000846. The van der Waals surface area contributed by atoms with Crippen LogP contribution in [0.2, 0.25) is 0 Å². The van der Waals surface area contributed by atoms with Crippen molar-refractivity contribution in [1.29, 1.82) is 0 Å². The van der Waals surface area contributed by atoms with Gasteiger partial charge in [-0.25, -0.2) is 4.79 Å². The van der Waals surface area contributed by atoms with Gasteiger partial charge in [-0.1, -0.05) is 0 Å². The van der Waals surface area contributed by atoms with E-state index in [0.717, 1.165) is 0 Å². The molecule has 0 amide bonds. The lowest BCUT2D eigenvalue weighted by atomic mass is 10.3. The lowest BCUT2D eigenvalue weighted by molar-refractivity contribution is -0.148. The average Bonchev–Trinajstić information content (AvgIpc) is 2.22. The summed E-state index contributed by atoms with van der Waals surface area (Å²) in [4.78, 5) is 32.5. The first kappa shape index (κ1) is 16.6. The van der Waals surface area contributed by atoms with Crippen molar-refractivity contribution in [2.45, 2.75) is 26.9 Å². The van der Waals surface area contributed by atoms with E-state index in [2.05, 4.69) is 20.7 Å². The number of rotatable bonds is 6. The molecule has 0 aliphatic heterocycles. The fourth-order valence-corrected chi connectivity index (χ4v) is 1.45. The molecular formula is C11H15BrO6. The highest BCUT2D eigenvalue weighted by atomic mass is 79.9. The van der Waals surface area contributed by atoms with Gasteiger partial charge in [0.25, 0.3) is 0 Å². The van der Waals surface area contributed by atoms with Crippen LogP contribution in [0.4, 0.5) is 0 Å². The Hall–Kier alpha value is -1.37. The summed E-state index contributed by atoms with van der Waals surface area (Å²) in [6.07, 6.45) is 0.855. The van der Waals surface area contributed by atoms with Crippen molar-refractivity contribution in [3.05, 3.63) is 10.6 Å². The van der Waals surface area contributed by atoms with Crippen LogP contribution in [0, 0.1) is 0 Å². The molecule has 0 rings (SSSR count). The van der Waals surface area contributed by atoms with Crippen molar-refractivity contribution in [1.82, 2.24) is 0 Å². The summed E-state index contributed by atoms with van der Waals surface area (Å²) in [7, 11) is 0. The SMILES string of the molecule is CC(=O)OCCOC(=O)/C(Br)=C\[C@H](C)OC(C)=O. The van der Waals surface area contributed by atoms with Gasteiger partial charge in [0.05, 0.1) is 0 Å². The molecule has 18 heavy (non-hydrogen) atoms. The third-order valence-electron chi connectivity index (χ3n) is 1.55. The predicted molar refractivity (Wildman–Crippen MR) is 65.8 cm³/mol. The molecule has 0 aromatic heterocycles. The van der Waals surface area contributed by atoms with Gasteiger partial charge in [-0.3, -0.25) is 9.59 Å². The van der Waals surface area contributed by atoms with Gasteiger partial charge in [-0.05, 0) is 28.9 Å². The molecule has 0 bridgehead atoms. The normalized spacial score (nSPS) is 12.6. The van der Waals surface area contributed by atoms with Gasteiger partial charge in [-0.15, -0.1) is 0 Å². The maximum Gasteiger partial charge on any atom is 0.345 e. The topological polar surface area (TPSA) is 78.9 Å². The lowest BCUT2D eigenvalue weighted by Gasteiger charge is -2.08. The van der Waals surface area contributed by atoms with Crippen molar-refractivity contribution in [3.63, 3.8) is 0 Å². The van der Waals surface area contributed by atoms with E-state index in [1.165, 1.54) is 19.9 Å². The zero-order valence-corrected chi connectivity index (χ0v) is 12.0. The number of ether oxygens (including phenoxy) is 3. The first-order valence-corrected chi connectivity index (χ1v) is 5.97. The molecule has 0 radical (unpaired) electrons. The fraction of sp³-hybridized carbons (Fsp3) is 0.545. The Kier molecular flexibility index (Phi) is 8.02. The van der Waals surface area contributed by atoms with Crippen LogP contribution in [-0.2, 0) is 28.6 Å². The van der Waals surface area contributed by atoms with Crippen LogP contribution in [0.25, 0.3) is 0 Å². The second-order valence-electron chi connectivity index (χ2n) is 3.31. The van der Waals surface area contributed by atoms with Gasteiger partial charge in [0.15, 0.2) is 0 Å². The smallest absolute Gasteiger partial charge is 0.345 e. The van der Waals surface area contributed by atoms with Crippen LogP contribution in [0.15, 0.2) is 10.6 Å². The summed E-state index contributed by atoms with van der Waals surface area (Å²) in [6.45, 7) is 4.10. The van der Waals surface area contributed by atoms with Crippen molar-refractivity contribution in [2.75, 3.05) is 13.2 Å². The van der Waals surface area contributed by atoms with E-state index < -0.39 is 24.0 Å². The first-order valence-electron chi connectivity index (χ1n) is 5.18. The molecule has 102 valence electrons. The Labute approximate surface area is 113 Å². The Morgan fingerprint density at radius 2 is 1.67 bits per heavy atom. The van der Waals surface area contributed by atoms with E-state index >= 15 is 0 Å². The average molecular weight is 323 g/mol. The molecule has 0 aromatic rings. The van der Waals surface area contributed by atoms with Gasteiger partial charge in [0.2, 0.25) is 0 Å². The van der Waals surface area contributed by atoms with Crippen molar-refractivity contribution in [3.8, 4) is 0 Å².